The molecular formula is C6H7AcO-. The number of rotatable bonds is 0. The summed E-state index contributed by atoms with van der Waals surface area (Å²) in [4.78, 5) is 0. The minimum absolute atomic E-state index is 0. The summed E-state index contributed by atoms with van der Waals surface area (Å²) in [6.45, 7) is 0. The smallest absolute Gasteiger partial charge is 0 e. The molecule has 1 radical (unpaired) electrons. The summed E-state index contributed by atoms with van der Waals surface area (Å²) < 4.78 is 0. The zero-order valence-electron chi connectivity index (χ0n) is 4.46. The molecule has 2 heteroatoms. The van der Waals surface area contributed by atoms with Crippen molar-refractivity contribution in [2.75, 3.05) is 0 Å². The van der Waals surface area contributed by atoms with E-state index in [1.165, 1.54) is 0 Å². The van der Waals surface area contributed by atoms with Gasteiger partial charge in [0.25, 0.3) is 0 Å². The zero-order chi connectivity index (χ0) is 4.24. The third-order valence-corrected chi connectivity index (χ3v) is 0.607. The average Bonchev–Trinajstić information content (AvgIpc) is 1.72. The van der Waals surface area contributed by atoms with Gasteiger partial charge in [0.15, 0.2) is 0 Å². The molecule has 0 bridgehead atoms. The molecule has 0 fully saturated rings. The van der Waals surface area contributed by atoms with Crippen molar-refractivity contribution in [1.82, 2.24) is 0 Å². The minimum Gasteiger partial charge on any atom is -0.412 e. The summed E-state index contributed by atoms with van der Waals surface area (Å²) in [6.07, 6.45) is 0. The van der Waals surface area contributed by atoms with Gasteiger partial charge in [0.1, 0.15) is 0 Å². The molecule has 2 N–H and O–H groups in total. The van der Waals surface area contributed by atoms with E-state index in [9.17, 15) is 0 Å². The maximum atomic E-state index is 2.89. The first-order valence-electron chi connectivity index (χ1n) is 1.91. The van der Waals surface area contributed by atoms with Crippen molar-refractivity contribution in [3.63, 3.8) is 0 Å². The molecule has 0 amide bonds. The van der Waals surface area contributed by atoms with Crippen molar-refractivity contribution in [2.45, 2.75) is 0 Å². The summed E-state index contributed by atoms with van der Waals surface area (Å²) in [7, 11) is 0. The molecule has 1 aromatic carbocycles. The van der Waals surface area contributed by atoms with Crippen LogP contribution in [0.2, 0.25) is 0 Å². The molecule has 0 spiro atoms. The van der Waals surface area contributed by atoms with Crippen molar-refractivity contribution in [2.24, 2.45) is 0 Å². The molecule has 8 heavy (non-hydrogen) atoms. The van der Waals surface area contributed by atoms with Crippen molar-refractivity contribution in [3.8, 4) is 0 Å². The third-order valence-electron chi connectivity index (χ3n) is 0.607. The van der Waals surface area contributed by atoms with E-state index in [-0.39, 0.29) is 49.5 Å². The van der Waals surface area contributed by atoms with Gasteiger partial charge in [-0.15, -0.1) is 0 Å². The maximum Gasteiger partial charge on any atom is 0 e. The number of hydrogen-bond donors (Lipinski definition) is 0. The summed E-state index contributed by atoms with van der Waals surface area (Å²) in [5.41, 5.74) is 0. The largest absolute Gasteiger partial charge is 0.412 e. The number of hydrogen-bond acceptors (Lipinski definition) is 0. The van der Waals surface area contributed by atoms with Crippen molar-refractivity contribution >= 4 is 0 Å². The van der Waals surface area contributed by atoms with E-state index in [2.05, 4.69) is 6.07 Å². The van der Waals surface area contributed by atoms with Gasteiger partial charge in [-0.3, -0.25) is 0 Å². The standard InChI is InChI=1S/C6H5.Ac.H2O/c1-2-4-6-5-3-1;;/h1-5H;;1H2/q-1;;. The van der Waals surface area contributed by atoms with E-state index in [1.807, 2.05) is 30.3 Å². The van der Waals surface area contributed by atoms with Crippen LogP contribution in [0.15, 0.2) is 30.3 Å². The molecule has 0 saturated heterocycles. The Kier molecular flexibility index (Phi) is 10.9. The van der Waals surface area contributed by atoms with Crippen LogP contribution in [0, 0.1) is 50.1 Å². The Labute approximate surface area is 85.0 Å². The van der Waals surface area contributed by atoms with Crippen LogP contribution >= 0.6 is 0 Å². The Hall–Kier alpha value is 0.622. The molecule has 0 unspecified atom stereocenters. The van der Waals surface area contributed by atoms with Gasteiger partial charge in [-0.25, -0.2) is 0 Å². The van der Waals surface area contributed by atoms with E-state index in [0.717, 1.165) is 0 Å². The Morgan fingerprint density at radius 2 is 1.38 bits per heavy atom. The molecule has 0 heterocycles. The maximum absolute atomic E-state index is 2.89. The van der Waals surface area contributed by atoms with Crippen molar-refractivity contribution < 1.29 is 49.5 Å². The first kappa shape index (κ1) is 11.4. The van der Waals surface area contributed by atoms with Gasteiger partial charge in [0.05, 0.1) is 0 Å². The molecule has 0 aliphatic heterocycles. The van der Waals surface area contributed by atoms with E-state index in [0.29, 0.717) is 0 Å². The predicted molar refractivity (Wildman–Crippen MR) is 28.9 cm³/mol. The third kappa shape index (κ3) is 4.77. The van der Waals surface area contributed by atoms with E-state index in [1.54, 1.807) is 0 Å². The van der Waals surface area contributed by atoms with Crippen molar-refractivity contribution in [1.29, 1.82) is 0 Å². The van der Waals surface area contributed by atoms with E-state index in [4.69, 9.17) is 0 Å². The fourth-order valence-corrected chi connectivity index (χ4v) is 0.342. The Morgan fingerprint density at radius 1 is 0.875 bits per heavy atom. The summed E-state index contributed by atoms with van der Waals surface area (Å²) in [6, 6.07) is 12.5. The van der Waals surface area contributed by atoms with Gasteiger partial charge in [0.2, 0.25) is 0 Å². The average molecular weight is 322 g/mol. The van der Waals surface area contributed by atoms with Gasteiger partial charge in [-0.1, -0.05) is 0 Å². The van der Waals surface area contributed by atoms with Crippen LogP contribution in [0.25, 0.3) is 0 Å². The molecular weight excluding hydrogens is 315 g/mol. The molecule has 41 valence electrons. The van der Waals surface area contributed by atoms with Crippen LogP contribution in [0.3, 0.4) is 0 Å². The fourth-order valence-electron chi connectivity index (χ4n) is 0.342. The van der Waals surface area contributed by atoms with Crippen molar-refractivity contribution in [3.05, 3.63) is 36.4 Å². The summed E-state index contributed by atoms with van der Waals surface area (Å²) >= 11 is 0. The molecule has 1 aromatic rings. The van der Waals surface area contributed by atoms with Crippen LogP contribution < -0.4 is 0 Å². The van der Waals surface area contributed by atoms with Crippen LogP contribution in [0.5, 0.6) is 0 Å². The van der Waals surface area contributed by atoms with Gasteiger partial charge in [-0.2, -0.15) is 36.4 Å². The fraction of sp³-hybridized carbons (Fsp3) is 0. The Bertz CT molecular complexity index is 80.5. The summed E-state index contributed by atoms with van der Waals surface area (Å²) in [5.74, 6) is 0. The second-order valence-corrected chi connectivity index (χ2v) is 1.08. The van der Waals surface area contributed by atoms with Crippen LogP contribution in [-0.2, 0) is 0 Å². The van der Waals surface area contributed by atoms with E-state index < -0.39 is 0 Å². The van der Waals surface area contributed by atoms with Crippen LogP contribution in [0.1, 0.15) is 0 Å². The normalized spacial score (nSPS) is 6.00. The van der Waals surface area contributed by atoms with Gasteiger partial charge in [0, 0.05) is 44.1 Å². The SMILES string of the molecule is O.[Ac].[c-]1ccccc1. The van der Waals surface area contributed by atoms with Crippen LogP contribution in [0.4, 0.5) is 0 Å². The Morgan fingerprint density at radius 3 is 1.50 bits per heavy atom. The van der Waals surface area contributed by atoms with Gasteiger partial charge in [-0.05, 0) is 0 Å². The molecule has 0 atom stereocenters. The second kappa shape index (κ2) is 7.62. The van der Waals surface area contributed by atoms with Crippen LogP contribution in [-0.4, -0.2) is 5.48 Å². The second-order valence-electron chi connectivity index (χ2n) is 1.08. The number of benzene rings is 1. The molecule has 0 aliphatic carbocycles. The first-order valence-corrected chi connectivity index (χ1v) is 1.91. The quantitative estimate of drug-likeness (QED) is 0.629. The summed E-state index contributed by atoms with van der Waals surface area (Å²) in [5, 5.41) is 0. The van der Waals surface area contributed by atoms with Gasteiger partial charge >= 0.3 is 0 Å². The first-order chi connectivity index (χ1) is 3.00. The molecule has 1 nitrogen and oxygen atoms in total. The molecule has 0 aliphatic rings. The zero-order valence-corrected chi connectivity index (χ0v) is 9.21. The Balaban J connectivity index is 0. The van der Waals surface area contributed by atoms with Gasteiger partial charge < -0.3 is 5.48 Å². The monoisotopic (exact) mass is 322 g/mol. The topological polar surface area (TPSA) is 31.5 Å². The molecule has 1 rings (SSSR count). The predicted octanol–water partition coefficient (Wildman–Crippen LogP) is 0.662. The molecule has 0 saturated carbocycles. The molecule has 0 aromatic heterocycles. The minimum atomic E-state index is 0. The van der Waals surface area contributed by atoms with E-state index >= 15 is 0 Å².